The Bertz CT molecular complexity index is 486. The van der Waals surface area contributed by atoms with Crippen molar-refractivity contribution in [3.63, 3.8) is 0 Å². The molecule has 1 fully saturated rings. The topological polar surface area (TPSA) is 66.4 Å². The largest absolute Gasteiger partial charge is 0.478 e. The summed E-state index contributed by atoms with van der Waals surface area (Å²) >= 11 is 7.35. The number of amides is 1. The van der Waals surface area contributed by atoms with Crippen LogP contribution in [0.1, 0.15) is 23.2 Å². The van der Waals surface area contributed by atoms with Crippen LogP contribution in [0.15, 0.2) is 18.2 Å². The molecule has 1 saturated heterocycles. The minimum atomic E-state index is -1.10. The van der Waals surface area contributed by atoms with Gasteiger partial charge in [-0.2, -0.15) is 0 Å². The van der Waals surface area contributed by atoms with Gasteiger partial charge < -0.3 is 10.4 Å². The first-order valence-electron chi connectivity index (χ1n) is 5.53. The van der Waals surface area contributed by atoms with Gasteiger partial charge in [0.05, 0.1) is 16.5 Å². The van der Waals surface area contributed by atoms with Crippen molar-refractivity contribution in [3.8, 4) is 0 Å². The number of hydrogen-bond donors (Lipinski definition) is 2. The van der Waals surface area contributed by atoms with Gasteiger partial charge in [0, 0.05) is 5.02 Å². The number of aromatic carboxylic acids is 1. The second-order valence-corrected chi connectivity index (χ2v) is 5.73. The van der Waals surface area contributed by atoms with Gasteiger partial charge in [0.2, 0.25) is 5.91 Å². The lowest BCUT2D eigenvalue weighted by Crippen LogP contribution is -2.24. The number of carbonyl (C=O) groups excluding carboxylic acids is 1. The number of carboxylic acids is 1. The number of thioether (sulfide) groups is 1. The number of halogens is 1. The Labute approximate surface area is 114 Å². The number of anilines is 1. The van der Waals surface area contributed by atoms with E-state index in [-0.39, 0.29) is 16.7 Å². The summed E-state index contributed by atoms with van der Waals surface area (Å²) < 4.78 is 0. The lowest BCUT2D eigenvalue weighted by atomic mass is 10.1. The van der Waals surface area contributed by atoms with E-state index in [2.05, 4.69) is 5.32 Å². The van der Waals surface area contributed by atoms with Crippen molar-refractivity contribution in [2.75, 3.05) is 11.1 Å². The molecule has 1 aromatic carbocycles. The summed E-state index contributed by atoms with van der Waals surface area (Å²) in [4.78, 5) is 23.0. The second kappa shape index (κ2) is 5.63. The maximum absolute atomic E-state index is 11.9. The Morgan fingerprint density at radius 2 is 2.22 bits per heavy atom. The second-order valence-electron chi connectivity index (χ2n) is 3.99. The van der Waals surface area contributed by atoms with E-state index >= 15 is 0 Å². The van der Waals surface area contributed by atoms with Crippen LogP contribution in [-0.2, 0) is 4.79 Å². The van der Waals surface area contributed by atoms with Gasteiger partial charge in [0.25, 0.3) is 0 Å². The molecule has 0 saturated carbocycles. The van der Waals surface area contributed by atoms with Gasteiger partial charge in [0.15, 0.2) is 0 Å². The molecule has 0 bridgehead atoms. The third kappa shape index (κ3) is 2.97. The van der Waals surface area contributed by atoms with Gasteiger partial charge in [-0.1, -0.05) is 11.6 Å². The minimum Gasteiger partial charge on any atom is -0.478 e. The van der Waals surface area contributed by atoms with Crippen LogP contribution in [0.2, 0.25) is 5.02 Å². The highest BCUT2D eigenvalue weighted by atomic mass is 35.5. The van der Waals surface area contributed by atoms with Crippen LogP contribution < -0.4 is 5.32 Å². The minimum absolute atomic E-state index is 0.0128. The van der Waals surface area contributed by atoms with E-state index in [0.29, 0.717) is 10.7 Å². The molecule has 2 N–H and O–H groups in total. The summed E-state index contributed by atoms with van der Waals surface area (Å²) in [5.74, 6) is -0.265. The summed E-state index contributed by atoms with van der Waals surface area (Å²) in [6.45, 7) is 0. The van der Waals surface area contributed by atoms with E-state index in [1.54, 1.807) is 17.8 Å². The summed E-state index contributed by atoms with van der Waals surface area (Å²) in [5.41, 5.74) is 0.309. The molecule has 1 amide bonds. The van der Waals surface area contributed by atoms with Crippen LogP contribution in [0, 0.1) is 0 Å². The first kappa shape index (κ1) is 13.2. The fourth-order valence-corrected chi connectivity index (χ4v) is 3.13. The predicted octanol–water partition coefficient (Wildman–Crippen LogP) is 2.87. The Kier molecular flexibility index (Phi) is 4.14. The van der Waals surface area contributed by atoms with Crippen molar-refractivity contribution in [3.05, 3.63) is 28.8 Å². The smallest absolute Gasteiger partial charge is 0.337 e. The molecule has 0 spiro atoms. The van der Waals surface area contributed by atoms with E-state index in [9.17, 15) is 9.59 Å². The van der Waals surface area contributed by atoms with Crippen LogP contribution in [-0.4, -0.2) is 28.0 Å². The van der Waals surface area contributed by atoms with Crippen LogP contribution in [0.25, 0.3) is 0 Å². The molecular formula is C12H12ClNO3S. The Morgan fingerprint density at radius 3 is 2.83 bits per heavy atom. The highest BCUT2D eigenvalue weighted by molar-refractivity contribution is 8.00. The molecule has 96 valence electrons. The fraction of sp³-hybridized carbons (Fsp3) is 0.333. The van der Waals surface area contributed by atoms with E-state index in [1.165, 1.54) is 12.1 Å². The molecule has 1 aliphatic rings. The normalized spacial score (nSPS) is 18.6. The van der Waals surface area contributed by atoms with Gasteiger partial charge >= 0.3 is 5.97 Å². The number of carbonyl (C=O) groups is 2. The number of nitrogens with one attached hydrogen (secondary N) is 1. The zero-order valence-corrected chi connectivity index (χ0v) is 11.1. The SMILES string of the molecule is O=C(O)c1cc(Cl)ccc1NC(=O)C1CCCS1. The molecule has 4 nitrogen and oxygen atoms in total. The fourth-order valence-electron chi connectivity index (χ4n) is 1.80. The van der Waals surface area contributed by atoms with Gasteiger partial charge in [-0.25, -0.2) is 4.79 Å². The van der Waals surface area contributed by atoms with Crippen molar-refractivity contribution < 1.29 is 14.7 Å². The van der Waals surface area contributed by atoms with Crippen molar-refractivity contribution in [2.24, 2.45) is 0 Å². The summed E-state index contributed by atoms with van der Waals surface area (Å²) in [6, 6.07) is 4.41. The molecule has 1 aromatic rings. The third-order valence-electron chi connectivity index (χ3n) is 2.69. The van der Waals surface area contributed by atoms with E-state index in [4.69, 9.17) is 16.7 Å². The summed E-state index contributed by atoms with van der Waals surface area (Å²) in [5, 5.41) is 12.0. The molecule has 1 atom stereocenters. The maximum atomic E-state index is 11.9. The standard InChI is InChI=1S/C12H12ClNO3S/c13-7-3-4-9(8(6-7)12(16)17)14-11(15)10-2-1-5-18-10/h3-4,6,10H,1-2,5H2,(H,14,15)(H,16,17). The summed E-state index contributed by atoms with van der Waals surface area (Å²) in [7, 11) is 0. The van der Waals surface area contributed by atoms with Crippen molar-refractivity contribution in [2.45, 2.75) is 18.1 Å². The monoisotopic (exact) mass is 285 g/mol. The van der Waals surface area contributed by atoms with Crippen molar-refractivity contribution in [1.29, 1.82) is 0 Å². The first-order valence-corrected chi connectivity index (χ1v) is 6.96. The Morgan fingerprint density at radius 1 is 1.44 bits per heavy atom. The third-order valence-corrected chi connectivity index (χ3v) is 4.30. The van der Waals surface area contributed by atoms with E-state index in [0.717, 1.165) is 18.6 Å². The molecule has 2 rings (SSSR count). The molecule has 18 heavy (non-hydrogen) atoms. The van der Waals surface area contributed by atoms with Gasteiger partial charge in [0.1, 0.15) is 0 Å². The van der Waals surface area contributed by atoms with Gasteiger partial charge in [-0.15, -0.1) is 11.8 Å². The van der Waals surface area contributed by atoms with E-state index in [1.807, 2.05) is 0 Å². The number of rotatable bonds is 3. The summed E-state index contributed by atoms with van der Waals surface area (Å²) in [6.07, 6.45) is 1.86. The van der Waals surface area contributed by atoms with Crippen molar-refractivity contribution >= 4 is 40.9 Å². The zero-order valence-electron chi connectivity index (χ0n) is 9.48. The molecule has 0 radical (unpaired) electrons. The predicted molar refractivity (Wildman–Crippen MR) is 72.5 cm³/mol. The molecule has 1 heterocycles. The quantitative estimate of drug-likeness (QED) is 0.896. The lowest BCUT2D eigenvalue weighted by Gasteiger charge is -2.12. The van der Waals surface area contributed by atoms with Crippen LogP contribution in [0.3, 0.4) is 0 Å². The zero-order chi connectivity index (χ0) is 13.1. The lowest BCUT2D eigenvalue weighted by molar-refractivity contribution is -0.115. The van der Waals surface area contributed by atoms with Gasteiger partial charge in [-0.05, 0) is 36.8 Å². The molecule has 6 heteroatoms. The highest BCUT2D eigenvalue weighted by Crippen LogP contribution is 2.28. The number of hydrogen-bond acceptors (Lipinski definition) is 3. The van der Waals surface area contributed by atoms with Crippen molar-refractivity contribution in [1.82, 2.24) is 0 Å². The Balaban J connectivity index is 2.17. The average molecular weight is 286 g/mol. The number of benzene rings is 1. The molecule has 1 aliphatic heterocycles. The van der Waals surface area contributed by atoms with Crippen LogP contribution >= 0.6 is 23.4 Å². The molecular weight excluding hydrogens is 274 g/mol. The average Bonchev–Trinajstić information content (AvgIpc) is 2.84. The first-order chi connectivity index (χ1) is 8.58. The van der Waals surface area contributed by atoms with Gasteiger partial charge in [-0.3, -0.25) is 4.79 Å². The molecule has 0 aliphatic carbocycles. The number of carboxylic acid groups (broad SMARTS) is 1. The molecule has 1 unspecified atom stereocenters. The Hall–Kier alpha value is -1.20. The highest BCUT2D eigenvalue weighted by Gasteiger charge is 2.24. The van der Waals surface area contributed by atoms with Crippen LogP contribution in [0.5, 0.6) is 0 Å². The van der Waals surface area contributed by atoms with Crippen LogP contribution in [0.4, 0.5) is 5.69 Å². The maximum Gasteiger partial charge on any atom is 0.337 e. The van der Waals surface area contributed by atoms with E-state index < -0.39 is 5.97 Å². The molecule has 0 aromatic heterocycles.